The summed E-state index contributed by atoms with van der Waals surface area (Å²) in [5.41, 5.74) is 0. The molecule has 0 radical (unpaired) electrons. The van der Waals surface area contributed by atoms with Crippen molar-refractivity contribution in [2.24, 2.45) is 0 Å². The zero-order valence-electron chi connectivity index (χ0n) is 7.38. The third-order valence-electron chi connectivity index (χ3n) is 1.55. The van der Waals surface area contributed by atoms with Gasteiger partial charge in [-0.25, -0.2) is 0 Å². The summed E-state index contributed by atoms with van der Waals surface area (Å²) in [5, 5.41) is 8.91. The van der Waals surface area contributed by atoms with E-state index in [1.165, 1.54) is 11.3 Å². The second-order valence-electron chi connectivity index (χ2n) is 2.62. The van der Waals surface area contributed by atoms with E-state index in [0.29, 0.717) is 29.4 Å². The fourth-order valence-corrected chi connectivity index (χ4v) is 2.68. The van der Waals surface area contributed by atoms with Gasteiger partial charge in [0.2, 0.25) is 0 Å². The Hall–Kier alpha value is 0.120. The Bertz CT molecular complexity index is 535. The first-order valence-electron chi connectivity index (χ1n) is 3.87. The van der Waals surface area contributed by atoms with Crippen molar-refractivity contribution in [2.45, 2.75) is 0 Å². The maximum absolute atomic E-state index is 5.99. The van der Waals surface area contributed by atoms with Gasteiger partial charge in [-0.15, -0.1) is 5.10 Å². The third-order valence-corrected chi connectivity index (χ3v) is 4.28. The molecule has 1 aromatic heterocycles. The van der Waals surface area contributed by atoms with Gasteiger partial charge in [-0.1, -0.05) is 28.3 Å². The highest BCUT2D eigenvalue weighted by Gasteiger charge is 2.10. The minimum atomic E-state index is 0.396. The summed E-state index contributed by atoms with van der Waals surface area (Å²) in [6.07, 6.45) is 0. The summed E-state index contributed by atoms with van der Waals surface area (Å²) in [6.45, 7) is 0. The van der Waals surface area contributed by atoms with Crippen LogP contribution >= 0.6 is 66.4 Å². The number of benzene rings is 1. The lowest BCUT2D eigenvalue weighted by Gasteiger charge is -2.05. The third kappa shape index (κ3) is 2.87. The first-order chi connectivity index (χ1) is 7.56. The van der Waals surface area contributed by atoms with Crippen LogP contribution in [-0.2, 0) is 0 Å². The molecule has 1 heterocycles. The lowest BCUT2D eigenvalue weighted by molar-refractivity contribution is 0.473. The zero-order chi connectivity index (χ0) is 11.7. The molecular weight excluding hydrogens is 403 g/mol. The Morgan fingerprint density at radius 2 is 1.88 bits per heavy atom. The Labute approximate surface area is 122 Å². The quantitative estimate of drug-likeness (QED) is 0.648. The fraction of sp³-hybridized carbons (Fsp3) is 0. The SMILES string of the molecule is Clc1cc(Oc2nnc(Br)s2)c(Cl)cc1Br. The van der Waals surface area contributed by atoms with Crippen molar-refractivity contribution in [2.75, 3.05) is 0 Å². The molecule has 0 spiro atoms. The van der Waals surface area contributed by atoms with Crippen molar-refractivity contribution >= 4 is 66.4 Å². The number of halogens is 4. The molecule has 1 aromatic carbocycles. The number of aromatic nitrogens is 2. The molecule has 16 heavy (non-hydrogen) atoms. The molecule has 0 aliphatic rings. The van der Waals surface area contributed by atoms with E-state index in [0.717, 1.165) is 0 Å². The molecule has 0 atom stereocenters. The molecule has 0 aliphatic carbocycles. The number of rotatable bonds is 2. The van der Waals surface area contributed by atoms with Crippen molar-refractivity contribution in [1.82, 2.24) is 10.2 Å². The van der Waals surface area contributed by atoms with Gasteiger partial charge in [0.25, 0.3) is 5.19 Å². The second-order valence-corrected chi connectivity index (χ2v) is 6.50. The first-order valence-corrected chi connectivity index (χ1v) is 7.03. The van der Waals surface area contributed by atoms with Crippen LogP contribution in [0.3, 0.4) is 0 Å². The maximum Gasteiger partial charge on any atom is 0.300 e. The van der Waals surface area contributed by atoms with E-state index in [4.69, 9.17) is 27.9 Å². The van der Waals surface area contributed by atoms with Gasteiger partial charge in [-0.05, 0) is 49.3 Å². The van der Waals surface area contributed by atoms with Gasteiger partial charge in [0.05, 0.1) is 10.0 Å². The highest BCUT2D eigenvalue weighted by Crippen LogP contribution is 2.37. The van der Waals surface area contributed by atoms with E-state index >= 15 is 0 Å². The highest BCUT2D eigenvalue weighted by atomic mass is 79.9. The van der Waals surface area contributed by atoms with Crippen LogP contribution in [0.4, 0.5) is 0 Å². The Morgan fingerprint density at radius 1 is 1.12 bits per heavy atom. The molecule has 0 N–H and O–H groups in total. The van der Waals surface area contributed by atoms with Gasteiger partial charge < -0.3 is 4.74 Å². The van der Waals surface area contributed by atoms with E-state index in [1.807, 2.05) is 0 Å². The molecule has 0 aliphatic heterocycles. The summed E-state index contributed by atoms with van der Waals surface area (Å²) in [5.74, 6) is 0.443. The molecule has 0 saturated carbocycles. The average Bonchev–Trinajstić information content (AvgIpc) is 2.60. The molecule has 2 aromatic rings. The van der Waals surface area contributed by atoms with Crippen LogP contribution in [-0.4, -0.2) is 10.2 Å². The summed E-state index contributed by atoms with van der Waals surface area (Å²) < 4.78 is 6.80. The van der Waals surface area contributed by atoms with Gasteiger partial charge >= 0.3 is 0 Å². The van der Waals surface area contributed by atoms with Gasteiger partial charge in [0, 0.05) is 10.5 Å². The molecule has 0 bridgehead atoms. The molecule has 0 amide bonds. The van der Waals surface area contributed by atoms with Gasteiger partial charge in [-0.2, -0.15) is 0 Å². The molecule has 84 valence electrons. The topological polar surface area (TPSA) is 35.0 Å². The van der Waals surface area contributed by atoms with E-state index in [2.05, 4.69) is 42.1 Å². The first kappa shape index (κ1) is 12.6. The molecule has 3 nitrogen and oxygen atoms in total. The average molecular weight is 405 g/mol. The number of nitrogens with zero attached hydrogens (tertiary/aromatic N) is 2. The van der Waals surface area contributed by atoms with Crippen LogP contribution in [0.1, 0.15) is 0 Å². The second kappa shape index (κ2) is 5.18. The van der Waals surface area contributed by atoms with Crippen LogP contribution in [0.25, 0.3) is 0 Å². The molecule has 0 unspecified atom stereocenters. The van der Waals surface area contributed by atoms with E-state index in [9.17, 15) is 0 Å². The zero-order valence-corrected chi connectivity index (χ0v) is 12.9. The number of hydrogen-bond donors (Lipinski definition) is 0. The minimum absolute atomic E-state index is 0.396. The van der Waals surface area contributed by atoms with Crippen LogP contribution in [0.2, 0.25) is 10.0 Å². The summed E-state index contributed by atoms with van der Waals surface area (Å²) in [4.78, 5) is 0. The minimum Gasteiger partial charge on any atom is -0.428 e. The largest absolute Gasteiger partial charge is 0.428 e. The van der Waals surface area contributed by atoms with E-state index in [-0.39, 0.29) is 0 Å². The van der Waals surface area contributed by atoms with Crippen molar-refractivity contribution in [3.05, 3.63) is 30.6 Å². The monoisotopic (exact) mass is 402 g/mol. The van der Waals surface area contributed by atoms with Crippen molar-refractivity contribution in [1.29, 1.82) is 0 Å². The summed E-state index contributed by atoms with van der Waals surface area (Å²) >= 11 is 19.6. The highest BCUT2D eigenvalue weighted by molar-refractivity contribution is 9.11. The van der Waals surface area contributed by atoms with Gasteiger partial charge in [0.15, 0.2) is 9.67 Å². The van der Waals surface area contributed by atoms with Crippen LogP contribution in [0.15, 0.2) is 20.5 Å². The smallest absolute Gasteiger partial charge is 0.300 e. The summed E-state index contributed by atoms with van der Waals surface area (Å²) in [6, 6.07) is 3.28. The molecule has 8 heteroatoms. The lowest BCUT2D eigenvalue weighted by Crippen LogP contribution is -1.85. The fourth-order valence-electron chi connectivity index (χ4n) is 0.911. The standard InChI is InChI=1S/C8H2Br2Cl2N2OS/c9-3-1-5(12)6(2-4(3)11)15-8-14-13-7(10)16-8/h1-2H. The van der Waals surface area contributed by atoms with E-state index in [1.54, 1.807) is 12.1 Å². The predicted octanol–water partition coefficient (Wildman–Crippen LogP) is 5.16. The predicted molar refractivity (Wildman–Crippen MR) is 71.8 cm³/mol. The van der Waals surface area contributed by atoms with Gasteiger partial charge in [-0.3, -0.25) is 0 Å². The van der Waals surface area contributed by atoms with Gasteiger partial charge in [0.1, 0.15) is 0 Å². The number of hydrogen-bond acceptors (Lipinski definition) is 4. The Balaban J connectivity index is 2.31. The molecule has 0 saturated heterocycles. The van der Waals surface area contributed by atoms with Crippen LogP contribution in [0, 0.1) is 0 Å². The van der Waals surface area contributed by atoms with Crippen molar-refractivity contribution in [3.63, 3.8) is 0 Å². The normalized spacial score (nSPS) is 10.5. The lowest BCUT2D eigenvalue weighted by atomic mass is 10.3. The molecule has 0 fully saturated rings. The Kier molecular flexibility index (Phi) is 4.07. The molecular formula is C8H2Br2Cl2N2OS. The molecule has 2 rings (SSSR count). The maximum atomic E-state index is 5.99. The van der Waals surface area contributed by atoms with Crippen molar-refractivity contribution < 1.29 is 4.74 Å². The number of ether oxygens (including phenoxy) is 1. The van der Waals surface area contributed by atoms with Crippen molar-refractivity contribution in [3.8, 4) is 10.9 Å². The van der Waals surface area contributed by atoms with Crippen LogP contribution < -0.4 is 4.74 Å². The van der Waals surface area contributed by atoms with Crippen LogP contribution in [0.5, 0.6) is 10.9 Å². The summed E-state index contributed by atoms with van der Waals surface area (Å²) in [7, 11) is 0. The van der Waals surface area contributed by atoms with E-state index < -0.39 is 0 Å². The Morgan fingerprint density at radius 3 is 2.50 bits per heavy atom.